The zero-order chi connectivity index (χ0) is 55.9. The van der Waals surface area contributed by atoms with Crippen molar-refractivity contribution in [2.24, 2.45) is 11.8 Å². The SMILES string of the molecule is CCC(C)C(NC(=O)C(C)NC)C(=O)N1C[C@@H](OCCCN2CCN(CCCO[C@H]3C[C@@H](C(=O)N[C@@H]4CCCc5ccccc54)N(C(=O)C(NC(=O)C(C)NC)C(C)CC)C3)CC2)C[C@H]1C(=O)N[C@@H]1CCCc2ccccc21. The Morgan fingerprint density at radius 1 is 0.577 bits per heavy atom. The average Bonchev–Trinajstić information content (AvgIpc) is 4.12. The number of fused-ring (bicyclic) bond motifs is 2. The second-order valence-electron chi connectivity index (χ2n) is 22.9. The third kappa shape index (κ3) is 15.7. The van der Waals surface area contributed by atoms with Crippen LogP contribution in [0.2, 0.25) is 0 Å². The van der Waals surface area contributed by atoms with E-state index in [9.17, 15) is 28.8 Å². The third-order valence-corrected chi connectivity index (χ3v) is 17.7. The van der Waals surface area contributed by atoms with Crippen LogP contribution < -0.4 is 31.9 Å². The van der Waals surface area contributed by atoms with Crippen LogP contribution >= 0.6 is 0 Å². The molecular formula is C60H94N10O8. The molecule has 6 N–H and O–H groups in total. The highest BCUT2D eigenvalue weighted by molar-refractivity contribution is 5.95. The fourth-order valence-electron chi connectivity index (χ4n) is 12.0. The number of hydrogen-bond acceptors (Lipinski definition) is 12. The Balaban J connectivity index is 0.879. The molecule has 6 amide bonds. The van der Waals surface area contributed by atoms with Gasteiger partial charge in [0.05, 0.1) is 36.4 Å². The number of piperazine rings is 1. The summed E-state index contributed by atoms with van der Waals surface area (Å²) in [7, 11) is 3.43. The van der Waals surface area contributed by atoms with E-state index in [0.29, 0.717) is 38.9 Å². The molecule has 432 valence electrons. The monoisotopic (exact) mass is 1080 g/mol. The van der Waals surface area contributed by atoms with Crippen LogP contribution in [-0.4, -0.2) is 183 Å². The van der Waals surface area contributed by atoms with Crippen LogP contribution in [0.15, 0.2) is 48.5 Å². The van der Waals surface area contributed by atoms with Crippen LogP contribution in [0.25, 0.3) is 0 Å². The molecule has 78 heavy (non-hydrogen) atoms. The maximum absolute atomic E-state index is 14.5. The standard InChI is InChI=1S/C60H94N10O8/c1-9-39(3)53(65-55(71)41(5)61-7)59(75)69-37-45(35-51(69)57(73)63-49-25-15-21-43-19-11-13-23-47(43)49)77-33-17-27-67-29-31-68(32-30-67)28-18-34-78-46-36-52(58(74)64-50-26-16-22-44-20-12-14-24-48(44)50)70(38-46)60(76)54(40(4)10-2)66-56(72)42(6)62-8/h11-14,19-20,23-24,39-42,45-46,49-54,61-62H,9-10,15-18,21-22,25-38H2,1-8H3,(H,63,73)(H,64,74)(H,65,71)(H,66,72)/t39?,40?,41?,42?,45-,46-,49+,50+,51-,52-,53?,54?/m0/s1. The fourth-order valence-corrected chi connectivity index (χ4v) is 12.0. The summed E-state index contributed by atoms with van der Waals surface area (Å²) in [5.74, 6) is -1.65. The first kappa shape index (κ1) is 60.7. The second kappa shape index (κ2) is 29.5. The van der Waals surface area contributed by atoms with Gasteiger partial charge in [0.1, 0.15) is 24.2 Å². The number of carbonyl (C=O) groups is 6. The van der Waals surface area contributed by atoms with Crippen molar-refractivity contribution < 1.29 is 38.2 Å². The predicted molar refractivity (Wildman–Crippen MR) is 302 cm³/mol. The first-order chi connectivity index (χ1) is 37.6. The van der Waals surface area contributed by atoms with Gasteiger partial charge >= 0.3 is 0 Å². The molecule has 3 heterocycles. The summed E-state index contributed by atoms with van der Waals surface area (Å²) in [5, 5.41) is 18.6. The van der Waals surface area contributed by atoms with Crippen molar-refractivity contribution in [2.75, 3.05) is 79.7 Å². The quantitative estimate of drug-likeness (QED) is 0.0740. The zero-order valence-electron chi connectivity index (χ0n) is 48.2. The molecule has 0 aromatic heterocycles. The van der Waals surface area contributed by atoms with E-state index in [-0.39, 0.29) is 84.7 Å². The number of aryl methyl sites for hydroxylation is 2. The molecule has 3 fully saturated rings. The molecule has 0 spiro atoms. The summed E-state index contributed by atoms with van der Waals surface area (Å²) in [5.41, 5.74) is 4.77. The number of likely N-dealkylation sites (tertiary alicyclic amines) is 2. The first-order valence-electron chi connectivity index (χ1n) is 29.6. The Kier molecular flexibility index (Phi) is 22.9. The number of carbonyl (C=O) groups excluding carboxylic acids is 6. The van der Waals surface area contributed by atoms with Gasteiger partial charge in [0.15, 0.2) is 0 Å². The van der Waals surface area contributed by atoms with Gasteiger partial charge in [-0.15, -0.1) is 0 Å². The van der Waals surface area contributed by atoms with E-state index in [2.05, 4.69) is 66.0 Å². The highest BCUT2D eigenvalue weighted by Gasteiger charge is 2.46. The van der Waals surface area contributed by atoms with Crippen LogP contribution in [0.5, 0.6) is 0 Å². The molecule has 18 heteroatoms. The van der Waals surface area contributed by atoms with Crippen molar-refractivity contribution in [3.8, 4) is 0 Å². The van der Waals surface area contributed by atoms with Crippen molar-refractivity contribution in [1.29, 1.82) is 0 Å². The van der Waals surface area contributed by atoms with E-state index < -0.39 is 36.3 Å². The van der Waals surface area contributed by atoms with Gasteiger partial charge in [-0.2, -0.15) is 0 Å². The Morgan fingerprint density at radius 3 is 1.33 bits per heavy atom. The molecule has 2 aromatic carbocycles. The third-order valence-electron chi connectivity index (χ3n) is 17.7. The molecule has 18 nitrogen and oxygen atoms in total. The lowest BCUT2D eigenvalue weighted by molar-refractivity contribution is -0.143. The molecule has 6 unspecified atom stereocenters. The van der Waals surface area contributed by atoms with Crippen LogP contribution in [-0.2, 0) is 51.1 Å². The minimum absolute atomic E-state index is 0.125. The van der Waals surface area contributed by atoms with Crippen LogP contribution in [0.3, 0.4) is 0 Å². The highest BCUT2D eigenvalue weighted by Crippen LogP contribution is 2.33. The summed E-state index contributed by atoms with van der Waals surface area (Å²) in [6.07, 6.45) is 8.73. The van der Waals surface area contributed by atoms with E-state index in [1.165, 1.54) is 11.1 Å². The van der Waals surface area contributed by atoms with Gasteiger partial charge in [-0.05, 0) is 113 Å². The summed E-state index contributed by atoms with van der Waals surface area (Å²) >= 11 is 0. The molecule has 3 saturated heterocycles. The fraction of sp³-hybridized carbons (Fsp3) is 0.700. The van der Waals surface area contributed by atoms with E-state index in [1.54, 1.807) is 37.7 Å². The van der Waals surface area contributed by atoms with Gasteiger partial charge < -0.3 is 61.0 Å². The first-order valence-corrected chi connectivity index (χ1v) is 29.6. The van der Waals surface area contributed by atoms with Crippen LogP contribution in [0, 0.1) is 11.8 Å². The molecule has 2 aromatic rings. The van der Waals surface area contributed by atoms with Crippen molar-refractivity contribution in [1.82, 2.24) is 51.5 Å². The average molecular weight is 1080 g/mol. The van der Waals surface area contributed by atoms with Gasteiger partial charge in [-0.3, -0.25) is 28.8 Å². The van der Waals surface area contributed by atoms with Crippen LogP contribution in [0.4, 0.5) is 0 Å². The highest BCUT2D eigenvalue weighted by atomic mass is 16.5. The van der Waals surface area contributed by atoms with Gasteiger partial charge in [0.25, 0.3) is 0 Å². The summed E-state index contributed by atoms with van der Waals surface area (Å²) in [6.45, 7) is 18.5. The van der Waals surface area contributed by atoms with Gasteiger partial charge in [0.2, 0.25) is 35.4 Å². The minimum Gasteiger partial charge on any atom is -0.376 e. The molecule has 0 saturated carbocycles. The van der Waals surface area contributed by atoms with Gasteiger partial charge in [-0.25, -0.2) is 0 Å². The minimum atomic E-state index is -0.773. The lowest BCUT2D eigenvalue weighted by Gasteiger charge is -2.34. The Labute approximate surface area is 465 Å². The molecule has 0 bridgehead atoms. The number of ether oxygens (including phenoxy) is 2. The van der Waals surface area contributed by atoms with Gasteiger partial charge in [-0.1, -0.05) is 89.1 Å². The normalized spacial score (nSPS) is 24.9. The largest absolute Gasteiger partial charge is 0.376 e. The summed E-state index contributed by atoms with van der Waals surface area (Å²) < 4.78 is 13.0. The van der Waals surface area contributed by atoms with Crippen molar-refractivity contribution in [3.63, 3.8) is 0 Å². The number of likely N-dealkylation sites (N-methyl/N-ethyl adjacent to an activating group) is 2. The molecule has 2 aliphatic carbocycles. The Hall–Kier alpha value is -4.98. The maximum atomic E-state index is 14.5. The topological polar surface area (TPSA) is 206 Å². The maximum Gasteiger partial charge on any atom is 0.246 e. The molecular weight excluding hydrogens is 989 g/mol. The lowest BCUT2D eigenvalue weighted by Crippen LogP contribution is -2.57. The number of amides is 6. The molecule has 12 atom stereocenters. The van der Waals surface area contributed by atoms with Crippen LogP contribution in [0.1, 0.15) is 140 Å². The van der Waals surface area contributed by atoms with Gasteiger partial charge in [0, 0.05) is 78.4 Å². The van der Waals surface area contributed by atoms with E-state index in [1.807, 2.05) is 52.0 Å². The smallest absolute Gasteiger partial charge is 0.246 e. The number of nitrogens with zero attached hydrogens (tertiary/aromatic N) is 4. The summed E-state index contributed by atoms with van der Waals surface area (Å²) in [6, 6.07) is 12.3. The number of rotatable bonds is 26. The lowest BCUT2D eigenvalue weighted by atomic mass is 9.87. The van der Waals surface area contributed by atoms with E-state index >= 15 is 0 Å². The summed E-state index contributed by atoms with van der Waals surface area (Å²) in [4.78, 5) is 92.0. The number of hydrogen-bond donors (Lipinski definition) is 6. The number of nitrogens with one attached hydrogen (secondary N) is 6. The second-order valence-corrected chi connectivity index (χ2v) is 22.9. The Morgan fingerprint density at radius 2 is 0.962 bits per heavy atom. The van der Waals surface area contributed by atoms with Crippen molar-refractivity contribution in [2.45, 2.75) is 179 Å². The molecule has 5 aliphatic rings. The zero-order valence-corrected chi connectivity index (χ0v) is 48.2. The predicted octanol–water partition coefficient (Wildman–Crippen LogP) is 4.02. The molecule has 0 radical (unpaired) electrons. The molecule has 7 rings (SSSR count). The number of benzene rings is 2. The van der Waals surface area contributed by atoms with Crippen molar-refractivity contribution in [3.05, 3.63) is 70.8 Å². The van der Waals surface area contributed by atoms with E-state index in [0.717, 1.165) is 102 Å². The molecule has 3 aliphatic heterocycles. The Bertz CT molecular complexity index is 2160. The van der Waals surface area contributed by atoms with E-state index in [4.69, 9.17) is 9.47 Å². The van der Waals surface area contributed by atoms with Crippen molar-refractivity contribution >= 4 is 35.4 Å².